The number of anilines is 2. The van der Waals surface area contributed by atoms with E-state index in [4.69, 9.17) is 39.0 Å². The largest absolute Gasteiger partial charge is 0.481 e. The van der Waals surface area contributed by atoms with Crippen LogP contribution < -0.4 is 32.7 Å². The molecule has 60 heteroatoms. The number of fused-ring (bicyclic) bond motifs is 2. The summed E-state index contributed by atoms with van der Waals surface area (Å²) in [7, 11) is -32.8. The minimum atomic E-state index is -5.58. The van der Waals surface area contributed by atoms with Gasteiger partial charge in [-0.3, -0.25) is 65.0 Å². The topological polar surface area (TPSA) is 727 Å². The van der Waals surface area contributed by atoms with E-state index in [2.05, 4.69) is 68.8 Å². The number of hydrogen-bond acceptors (Lipinski definition) is 40. The van der Waals surface area contributed by atoms with Gasteiger partial charge in [-0.15, -0.1) is 47.0 Å². The fraction of sp³-hybridized carbons (Fsp3) is 0.667. The average Bonchev–Trinajstić information content (AvgIpc) is 1.62. The third-order valence-corrected chi connectivity index (χ3v) is 29.3. The van der Waals surface area contributed by atoms with Crippen LogP contribution in [0.1, 0.15) is 72.8 Å². The summed E-state index contributed by atoms with van der Waals surface area (Å²) >= 11 is 9.21. The number of imidazole rings is 2. The molecule has 4 aliphatic heterocycles. The Hall–Kier alpha value is -3.74. The summed E-state index contributed by atoms with van der Waals surface area (Å²) in [6.07, 6.45) is -11.6. The second-order valence-corrected chi connectivity index (χ2v) is 41.8. The van der Waals surface area contributed by atoms with Gasteiger partial charge in [-0.1, -0.05) is 51.2 Å². The first-order valence-electron chi connectivity index (χ1n) is 33.4. The summed E-state index contributed by atoms with van der Waals surface area (Å²) in [6.45, 7) is 2.43. The maximum absolute atomic E-state index is 13.3. The fourth-order valence-electron chi connectivity index (χ4n) is 10.2. The zero-order chi connectivity index (χ0) is 84.5. The van der Waals surface area contributed by atoms with E-state index in [0.717, 1.165) is 104 Å². The van der Waals surface area contributed by atoms with E-state index in [1.54, 1.807) is 47.0 Å². The molecule has 8 rings (SSSR count). The quantitative estimate of drug-likeness (QED) is 0.0165. The maximum atomic E-state index is 13.3. The number of carbonyl (C=O) groups is 6. The third-order valence-electron chi connectivity index (χ3n) is 15.8. The van der Waals surface area contributed by atoms with Crippen LogP contribution in [-0.2, 0) is 101 Å². The lowest BCUT2D eigenvalue weighted by Gasteiger charge is -2.30. The summed E-state index contributed by atoms with van der Waals surface area (Å²) in [5, 5.41) is 52.8. The van der Waals surface area contributed by atoms with Crippen molar-refractivity contribution >= 4 is 185 Å². The standard InChI is InChI=1S/C31H48N7O17P3S5.C23H38N7O17P3S/c1-31(2,23(41)26(42)34-6-5-18(39)33-7-12-59-28(43)19(29-60-8-3-9-61-29)30-62-10-4-11-63-30)14-52-58(49,50)55-57(47,48)51-13-17-22(54-56(44,45)46)21(40)27(53-17)38-16-37-20-24(32)35-15-36-25(20)38;1-12(31)51-7-6-25-14(32)4-5-26-21(35)18(34)23(2,3)9-44-50(41,42)47-49(39,40)43-8-13-17(46-48(36,37)38)16(33)22(45-13)30-11-29-15-19(24)27-10-28-20(15)30/h15-17,21-23,27,29,40-41H,3-14H2,1-2H3,(H,33,39)(H,34,42)(H,47,48)(H,49,50)(H2,32,35,36)(H2,44,45,46);10-11,13,16-18,22,33-34H,4-9H2,1-3H3,(H,25,32)(H,26,35)(H,39,40)(H,41,42)(H2,24,27,28)(H2,36,37,38)/t17-,21-,22-,23+,27-;13-,16-,17-,18+,22-/m11/s1. The Morgan fingerprint density at radius 1 is 0.570 bits per heavy atom. The van der Waals surface area contributed by atoms with Gasteiger partial charge < -0.3 is 102 Å². The van der Waals surface area contributed by atoms with E-state index in [1.807, 2.05) is 0 Å². The van der Waals surface area contributed by atoms with Gasteiger partial charge in [-0.25, -0.2) is 57.3 Å². The van der Waals surface area contributed by atoms with Gasteiger partial charge in [-0.05, 0) is 35.9 Å². The monoisotopic (exact) mass is 1850 g/mol. The minimum Gasteiger partial charge on any atom is -0.386 e. The smallest absolute Gasteiger partial charge is 0.386 e. The zero-order valence-electron chi connectivity index (χ0n) is 60.6. The maximum Gasteiger partial charge on any atom is 0.481 e. The Kier molecular flexibility index (Phi) is 36.4. The summed E-state index contributed by atoms with van der Waals surface area (Å²) < 4.78 is 125. The van der Waals surface area contributed by atoms with Crippen LogP contribution in [-0.4, -0.2) is 273 Å². The molecular formula is C54H86N14O34P6S6. The van der Waals surface area contributed by atoms with Crippen LogP contribution in [0.15, 0.2) is 35.1 Å². The number of amides is 4. The molecule has 0 aromatic carbocycles. The molecule has 0 spiro atoms. The normalized spacial score (nSPS) is 23.3. The van der Waals surface area contributed by atoms with Gasteiger partial charge in [0.1, 0.15) is 72.5 Å². The van der Waals surface area contributed by atoms with Gasteiger partial charge in [0.15, 0.2) is 40.5 Å². The van der Waals surface area contributed by atoms with Crippen LogP contribution in [0.25, 0.3) is 22.3 Å². The second-order valence-electron chi connectivity index (χ2n) is 25.8. The first kappa shape index (κ1) is 97.4. The minimum absolute atomic E-state index is 0.00461. The molecule has 4 amide bonds. The number of aromatic nitrogens is 8. The average molecular weight is 1850 g/mol. The number of aliphatic hydroxyl groups is 4. The third kappa shape index (κ3) is 29.9. The molecule has 0 aliphatic carbocycles. The molecule has 4 aliphatic rings. The van der Waals surface area contributed by atoms with Crippen LogP contribution in [0.3, 0.4) is 0 Å². The Balaban J connectivity index is 0.000000323. The molecule has 0 radical (unpaired) electrons. The molecule has 4 aromatic rings. The molecule has 8 heterocycles. The van der Waals surface area contributed by atoms with Crippen LogP contribution in [0, 0.1) is 10.8 Å². The van der Waals surface area contributed by atoms with Crippen molar-refractivity contribution in [3.05, 3.63) is 35.1 Å². The summed E-state index contributed by atoms with van der Waals surface area (Å²) in [5.41, 5.74) is 9.39. The van der Waals surface area contributed by atoms with Crippen molar-refractivity contribution in [2.24, 2.45) is 10.8 Å². The van der Waals surface area contributed by atoms with E-state index >= 15 is 0 Å². The highest BCUT2D eigenvalue weighted by Gasteiger charge is 2.53. The Morgan fingerprint density at radius 3 is 1.35 bits per heavy atom. The Bertz CT molecular complexity index is 4370. The molecule has 14 atom stereocenters. The summed E-state index contributed by atoms with van der Waals surface area (Å²) in [6, 6.07) is 0. The van der Waals surface area contributed by atoms with Gasteiger partial charge in [0, 0.05) is 78.1 Å². The van der Waals surface area contributed by atoms with Gasteiger partial charge >= 0.3 is 46.9 Å². The van der Waals surface area contributed by atoms with E-state index in [-0.39, 0.29) is 87.8 Å². The Morgan fingerprint density at radius 2 is 0.956 bits per heavy atom. The van der Waals surface area contributed by atoms with E-state index < -0.39 is 169 Å². The van der Waals surface area contributed by atoms with Crippen molar-refractivity contribution in [2.75, 3.05) is 98.6 Å². The number of ether oxygens (including phenoxy) is 2. The SMILES string of the molecule is CC(=O)SCCNC(=O)CCNC(=O)[C@H](O)C(C)(C)COP(=O)(O)OP(=O)(O)OC[C@H]1O[C@@H](n2cnc3c(N)ncnc32)[C@H](O)[C@@H]1OP(=O)(O)O.CC(C)(COP(=O)(O)OP(=O)(O)OC[C@H]1O[C@@H](n2cnc3c(N)ncnc32)[C@H](O)[C@@H]1OP(=O)(O)O)[C@@H](O)C(=O)NCCC(=O)NCCSC(=O)C(=C1SCCCS1)C1SCCCS1. The molecule has 20 N–H and O–H groups in total. The zero-order valence-corrected chi connectivity index (χ0v) is 70.9. The lowest BCUT2D eigenvalue weighted by molar-refractivity contribution is -0.137. The molecule has 0 bridgehead atoms. The number of aliphatic hydroxyl groups excluding tert-OH is 4. The molecule has 642 valence electrons. The highest BCUT2D eigenvalue weighted by Crippen LogP contribution is 2.63. The first-order valence-corrected chi connectivity index (χ1v) is 48.5. The molecular weight excluding hydrogens is 1770 g/mol. The van der Waals surface area contributed by atoms with Gasteiger partial charge in [0.25, 0.3) is 0 Å². The van der Waals surface area contributed by atoms with Crippen molar-refractivity contribution in [1.82, 2.24) is 60.3 Å². The number of thioether (sulfide) groups is 6. The number of carbonyl (C=O) groups excluding carboxylic acids is 6. The van der Waals surface area contributed by atoms with Crippen molar-refractivity contribution < 1.29 is 161 Å². The molecule has 4 saturated heterocycles. The van der Waals surface area contributed by atoms with E-state index in [9.17, 15) is 116 Å². The molecule has 48 nitrogen and oxygen atoms in total. The lowest BCUT2D eigenvalue weighted by Crippen LogP contribution is -2.46. The predicted molar refractivity (Wildman–Crippen MR) is 410 cm³/mol. The van der Waals surface area contributed by atoms with Crippen LogP contribution >= 0.6 is 118 Å². The highest BCUT2D eigenvalue weighted by atomic mass is 32.2. The number of phosphoric acid groups is 6. The second kappa shape index (κ2) is 42.7. The number of nitrogens with two attached hydrogens (primary N) is 2. The van der Waals surface area contributed by atoms with E-state index in [0.29, 0.717) is 11.5 Å². The van der Waals surface area contributed by atoms with Crippen LogP contribution in [0.2, 0.25) is 0 Å². The van der Waals surface area contributed by atoms with Crippen LogP contribution in [0.5, 0.6) is 0 Å². The van der Waals surface area contributed by atoms with Crippen LogP contribution in [0.4, 0.5) is 11.6 Å². The van der Waals surface area contributed by atoms with Gasteiger partial charge in [-0.2, -0.15) is 8.62 Å². The van der Waals surface area contributed by atoms with Gasteiger partial charge in [0.2, 0.25) is 28.7 Å². The summed E-state index contributed by atoms with van der Waals surface area (Å²) in [5.74, 6) is 1.80. The molecule has 114 heavy (non-hydrogen) atoms. The van der Waals surface area contributed by atoms with Crippen molar-refractivity contribution in [2.45, 2.75) is 126 Å². The summed E-state index contributed by atoms with van der Waals surface area (Å²) in [4.78, 5) is 176. The first-order chi connectivity index (χ1) is 53.1. The molecule has 4 fully saturated rings. The molecule has 4 aromatic heterocycles. The molecule has 0 saturated carbocycles. The fourth-order valence-corrected chi connectivity index (χ4v) is 23.4. The number of nitrogens with one attached hydrogen (secondary N) is 4. The number of nitrogen functional groups attached to an aromatic ring is 2. The number of hydrogen-bond donors (Lipinski definition) is 18. The molecule has 4 unspecified atom stereocenters. The highest BCUT2D eigenvalue weighted by molar-refractivity contribution is 8.23. The van der Waals surface area contributed by atoms with Crippen molar-refractivity contribution in [3.63, 3.8) is 0 Å². The van der Waals surface area contributed by atoms with Crippen molar-refractivity contribution in [1.29, 1.82) is 0 Å². The predicted octanol–water partition coefficient (Wildman–Crippen LogP) is 0.627. The van der Waals surface area contributed by atoms with Crippen molar-refractivity contribution in [3.8, 4) is 0 Å². The Labute approximate surface area is 673 Å². The lowest BCUT2D eigenvalue weighted by atomic mass is 9.87. The number of rotatable bonds is 40. The number of phosphoric ester groups is 6. The number of nitrogens with zero attached hydrogens (tertiary/aromatic N) is 8. The van der Waals surface area contributed by atoms with E-state index in [1.165, 1.54) is 34.6 Å². The van der Waals surface area contributed by atoms with Gasteiger partial charge in [0.05, 0.1) is 43.7 Å².